The SMILES string of the molecule is CN1C(=O)CN(C2CCCCN2)C1=O. The summed E-state index contributed by atoms with van der Waals surface area (Å²) < 4.78 is 0. The van der Waals surface area contributed by atoms with Crippen molar-refractivity contribution in [2.75, 3.05) is 20.1 Å². The van der Waals surface area contributed by atoms with Crippen LogP contribution < -0.4 is 5.32 Å². The van der Waals surface area contributed by atoms with Crippen LogP contribution in [0.1, 0.15) is 19.3 Å². The van der Waals surface area contributed by atoms with E-state index in [4.69, 9.17) is 0 Å². The molecule has 2 aliphatic rings. The number of urea groups is 1. The molecule has 2 aliphatic heterocycles. The van der Waals surface area contributed by atoms with Crippen LogP contribution in [0, 0.1) is 0 Å². The number of nitrogens with zero attached hydrogens (tertiary/aromatic N) is 2. The van der Waals surface area contributed by atoms with Gasteiger partial charge in [0.25, 0.3) is 0 Å². The standard InChI is InChI=1S/C9H15N3O2/c1-11-8(13)6-12(9(11)14)7-4-2-3-5-10-7/h7,10H,2-6H2,1H3. The Balaban J connectivity index is 2.04. The van der Waals surface area contributed by atoms with Crippen LogP contribution in [-0.2, 0) is 4.79 Å². The van der Waals surface area contributed by atoms with Gasteiger partial charge in [0.1, 0.15) is 6.54 Å². The van der Waals surface area contributed by atoms with E-state index in [1.165, 1.54) is 11.9 Å². The monoisotopic (exact) mass is 197 g/mol. The second-order valence-electron chi connectivity index (χ2n) is 3.83. The highest BCUT2D eigenvalue weighted by Gasteiger charge is 2.37. The molecule has 0 aromatic rings. The summed E-state index contributed by atoms with van der Waals surface area (Å²) in [7, 11) is 1.54. The Hall–Kier alpha value is -1.10. The van der Waals surface area contributed by atoms with Gasteiger partial charge in [0.15, 0.2) is 0 Å². The van der Waals surface area contributed by atoms with Crippen molar-refractivity contribution < 1.29 is 9.59 Å². The summed E-state index contributed by atoms with van der Waals surface area (Å²) in [4.78, 5) is 25.7. The first-order valence-corrected chi connectivity index (χ1v) is 5.00. The summed E-state index contributed by atoms with van der Waals surface area (Å²) in [6.45, 7) is 1.17. The van der Waals surface area contributed by atoms with Crippen LogP contribution in [0.5, 0.6) is 0 Å². The van der Waals surface area contributed by atoms with E-state index >= 15 is 0 Å². The highest BCUT2D eigenvalue weighted by atomic mass is 16.2. The van der Waals surface area contributed by atoms with Crippen LogP contribution in [-0.4, -0.2) is 48.0 Å². The quantitative estimate of drug-likeness (QED) is 0.601. The summed E-state index contributed by atoms with van der Waals surface area (Å²) in [6, 6.07) is -0.172. The van der Waals surface area contributed by atoms with Gasteiger partial charge in [-0.25, -0.2) is 4.79 Å². The highest BCUT2D eigenvalue weighted by Crippen LogP contribution is 2.17. The number of hydrogen-bond acceptors (Lipinski definition) is 3. The summed E-state index contributed by atoms with van der Waals surface area (Å²) >= 11 is 0. The van der Waals surface area contributed by atoms with Crippen molar-refractivity contribution in [2.45, 2.75) is 25.4 Å². The molecule has 1 unspecified atom stereocenters. The third-order valence-electron chi connectivity index (χ3n) is 2.87. The Kier molecular flexibility index (Phi) is 2.41. The molecule has 0 radical (unpaired) electrons. The van der Waals surface area contributed by atoms with E-state index in [1.807, 2.05) is 0 Å². The molecule has 0 aliphatic carbocycles. The number of likely N-dealkylation sites (N-methyl/N-ethyl adjacent to an activating group) is 1. The van der Waals surface area contributed by atoms with Crippen molar-refractivity contribution in [2.24, 2.45) is 0 Å². The van der Waals surface area contributed by atoms with E-state index in [0.29, 0.717) is 0 Å². The van der Waals surface area contributed by atoms with E-state index in [1.54, 1.807) is 4.90 Å². The molecule has 0 spiro atoms. The van der Waals surface area contributed by atoms with Crippen LogP contribution >= 0.6 is 0 Å². The molecule has 0 bridgehead atoms. The van der Waals surface area contributed by atoms with E-state index < -0.39 is 0 Å². The molecule has 1 N–H and O–H groups in total. The summed E-state index contributed by atoms with van der Waals surface area (Å²) in [5, 5.41) is 3.26. The van der Waals surface area contributed by atoms with Crippen molar-refractivity contribution in [3.63, 3.8) is 0 Å². The minimum absolute atomic E-state index is 0.0603. The Morgan fingerprint density at radius 2 is 2.14 bits per heavy atom. The molecule has 5 nitrogen and oxygen atoms in total. The normalized spacial score (nSPS) is 28.8. The second kappa shape index (κ2) is 3.57. The molecule has 14 heavy (non-hydrogen) atoms. The van der Waals surface area contributed by atoms with Crippen molar-refractivity contribution in [3.8, 4) is 0 Å². The number of hydrogen-bond donors (Lipinski definition) is 1. The van der Waals surface area contributed by atoms with Gasteiger partial charge in [-0.3, -0.25) is 19.9 Å². The predicted molar refractivity (Wildman–Crippen MR) is 50.5 cm³/mol. The number of carbonyl (C=O) groups is 2. The molecule has 3 amide bonds. The average Bonchev–Trinajstić information content (AvgIpc) is 2.47. The Labute approximate surface area is 83.0 Å². The molecule has 1 atom stereocenters. The molecule has 2 rings (SSSR count). The molecule has 5 heteroatoms. The summed E-state index contributed by atoms with van der Waals surface area (Å²) in [6.07, 6.45) is 3.29. The van der Waals surface area contributed by atoms with Crippen molar-refractivity contribution in [3.05, 3.63) is 0 Å². The number of rotatable bonds is 1. The Bertz CT molecular complexity index is 261. The molecular weight excluding hydrogens is 182 g/mol. The van der Waals surface area contributed by atoms with Crippen LogP contribution in [0.3, 0.4) is 0 Å². The second-order valence-corrected chi connectivity index (χ2v) is 3.83. The van der Waals surface area contributed by atoms with Gasteiger partial charge >= 0.3 is 6.03 Å². The molecule has 2 saturated heterocycles. The van der Waals surface area contributed by atoms with Crippen LogP contribution in [0.4, 0.5) is 4.79 Å². The zero-order chi connectivity index (χ0) is 10.1. The molecule has 0 saturated carbocycles. The number of piperidine rings is 1. The first-order valence-electron chi connectivity index (χ1n) is 5.00. The van der Waals surface area contributed by atoms with Gasteiger partial charge in [0, 0.05) is 7.05 Å². The fourth-order valence-electron chi connectivity index (χ4n) is 1.96. The topological polar surface area (TPSA) is 52.7 Å². The number of nitrogens with one attached hydrogen (secondary N) is 1. The van der Waals surface area contributed by atoms with Crippen molar-refractivity contribution >= 4 is 11.9 Å². The highest BCUT2D eigenvalue weighted by molar-refractivity contribution is 6.01. The van der Waals surface area contributed by atoms with Gasteiger partial charge in [0.2, 0.25) is 5.91 Å². The third kappa shape index (κ3) is 1.48. The van der Waals surface area contributed by atoms with Crippen LogP contribution in [0.2, 0.25) is 0 Å². The lowest BCUT2D eigenvalue weighted by Gasteiger charge is -2.30. The maximum absolute atomic E-state index is 11.6. The summed E-state index contributed by atoms with van der Waals surface area (Å²) in [5.41, 5.74) is 0. The lowest BCUT2D eigenvalue weighted by atomic mass is 10.1. The molecule has 0 aromatic carbocycles. The van der Waals surface area contributed by atoms with Gasteiger partial charge in [-0.15, -0.1) is 0 Å². The molecule has 0 aromatic heterocycles. The summed E-state index contributed by atoms with van der Waals surface area (Å²) in [5.74, 6) is -0.109. The minimum atomic E-state index is -0.172. The van der Waals surface area contributed by atoms with Gasteiger partial charge in [-0.1, -0.05) is 0 Å². The van der Waals surface area contributed by atoms with E-state index in [9.17, 15) is 9.59 Å². The molecule has 2 fully saturated rings. The third-order valence-corrected chi connectivity index (χ3v) is 2.87. The van der Waals surface area contributed by atoms with Gasteiger partial charge in [-0.2, -0.15) is 0 Å². The lowest BCUT2D eigenvalue weighted by molar-refractivity contribution is -0.124. The van der Waals surface area contributed by atoms with Crippen molar-refractivity contribution in [1.82, 2.24) is 15.1 Å². The zero-order valence-corrected chi connectivity index (χ0v) is 8.32. The number of amides is 3. The first kappa shape index (κ1) is 9.45. The van der Waals surface area contributed by atoms with Crippen LogP contribution in [0.25, 0.3) is 0 Å². The van der Waals surface area contributed by atoms with Gasteiger partial charge in [-0.05, 0) is 25.8 Å². The average molecular weight is 197 g/mol. The fraction of sp³-hybridized carbons (Fsp3) is 0.778. The molecule has 2 heterocycles. The zero-order valence-electron chi connectivity index (χ0n) is 8.32. The number of carbonyl (C=O) groups excluding carboxylic acids is 2. The maximum atomic E-state index is 11.6. The van der Waals surface area contributed by atoms with Gasteiger partial charge in [0.05, 0.1) is 6.17 Å². The Morgan fingerprint density at radius 1 is 1.36 bits per heavy atom. The molecule has 78 valence electrons. The minimum Gasteiger partial charge on any atom is -0.299 e. The van der Waals surface area contributed by atoms with E-state index in [0.717, 1.165) is 25.8 Å². The van der Waals surface area contributed by atoms with Crippen molar-refractivity contribution in [1.29, 1.82) is 0 Å². The lowest BCUT2D eigenvalue weighted by Crippen LogP contribution is -2.49. The van der Waals surface area contributed by atoms with E-state index in [-0.39, 0.29) is 24.6 Å². The molecular formula is C9H15N3O2. The van der Waals surface area contributed by atoms with Crippen LogP contribution in [0.15, 0.2) is 0 Å². The smallest absolute Gasteiger partial charge is 0.299 e. The predicted octanol–water partition coefficient (Wildman–Crippen LogP) is -0.0200. The van der Waals surface area contributed by atoms with E-state index in [2.05, 4.69) is 5.32 Å². The number of imide groups is 1. The van der Waals surface area contributed by atoms with Gasteiger partial charge < -0.3 is 0 Å². The Morgan fingerprint density at radius 3 is 2.64 bits per heavy atom. The maximum Gasteiger partial charge on any atom is 0.328 e. The first-order chi connectivity index (χ1) is 6.70. The fourth-order valence-corrected chi connectivity index (χ4v) is 1.96. The largest absolute Gasteiger partial charge is 0.328 e.